The Morgan fingerprint density at radius 3 is 2.62 bits per heavy atom. The van der Waals surface area contributed by atoms with Gasteiger partial charge in [0.05, 0.1) is 17.5 Å². The monoisotopic (exact) mass is 314 g/mol. The van der Waals surface area contributed by atoms with E-state index in [9.17, 15) is 4.79 Å². The summed E-state index contributed by atoms with van der Waals surface area (Å²) in [5.74, 6) is -0.0826. The van der Waals surface area contributed by atoms with Gasteiger partial charge in [0.15, 0.2) is 11.4 Å². The van der Waals surface area contributed by atoms with Gasteiger partial charge in [-0.05, 0) is 25.1 Å². The molecule has 0 bridgehead atoms. The number of hydrogen-bond acceptors (Lipinski definition) is 4. The molecule has 0 amide bonds. The van der Waals surface area contributed by atoms with Crippen molar-refractivity contribution in [1.82, 2.24) is 19.6 Å². The number of aryl methyl sites for hydroxylation is 1. The maximum Gasteiger partial charge on any atom is 0.198 e. The first-order valence-electron chi connectivity index (χ1n) is 7.59. The predicted molar refractivity (Wildman–Crippen MR) is 90.8 cm³/mol. The average molecular weight is 314 g/mol. The molecule has 0 N–H and O–H groups in total. The molecule has 24 heavy (non-hydrogen) atoms. The normalized spacial score (nSPS) is 10.9. The molecule has 1 aromatic carbocycles. The van der Waals surface area contributed by atoms with E-state index in [1.54, 1.807) is 35.2 Å². The van der Waals surface area contributed by atoms with Gasteiger partial charge in [-0.1, -0.05) is 30.3 Å². The number of benzene rings is 1. The second-order valence-corrected chi connectivity index (χ2v) is 5.51. The minimum Gasteiger partial charge on any atom is -0.288 e. The van der Waals surface area contributed by atoms with Crippen molar-refractivity contribution in [3.63, 3.8) is 0 Å². The first-order valence-corrected chi connectivity index (χ1v) is 7.59. The Morgan fingerprint density at radius 2 is 1.88 bits per heavy atom. The number of ketones is 1. The smallest absolute Gasteiger partial charge is 0.198 e. The fourth-order valence-electron chi connectivity index (χ4n) is 2.71. The summed E-state index contributed by atoms with van der Waals surface area (Å²) >= 11 is 0. The van der Waals surface area contributed by atoms with E-state index >= 15 is 0 Å². The van der Waals surface area contributed by atoms with Crippen LogP contribution in [0, 0.1) is 6.92 Å². The van der Waals surface area contributed by atoms with Gasteiger partial charge < -0.3 is 0 Å². The Kier molecular flexibility index (Phi) is 3.39. The summed E-state index contributed by atoms with van der Waals surface area (Å²) in [6.45, 7) is 1.91. The molecule has 5 nitrogen and oxygen atoms in total. The SMILES string of the molecule is Cc1cc(-c2cccnc2)n2ncc(C(=O)c3ccccc3)c2n1. The third kappa shape index (κ3) is 2.36. The number of aromatic nitrogens is 4. The molecule has 4 aromatic rings. The van der Waals surface area contributed by atoms with Crippen LogP contribution in [0.3, 0.4) is 0 Å². The number of nitrogens with zero attached hydrogens (tertiary/aromatic N) is 4. The quantitative estimate of drug-likeness (QED) is 0.544. The lowest BCUT2D eigenvalue weighted by molar-refractivity contribution is 0.104. The Balaban J connectivity index is 1.92. The summed E-state index contributed by atoms with van der Waals surface area (Å²) in [5.41, 5.74) is 4.29. The van der Waals surface area contributed by atoms with Crippen LogP contribution in [0.25, 0.3) is 16.9 Å². The van der Waals surface area contributed by atoms with Crippen molar-refractivity contribution in [1.29, 1.82) is 0 Å². The molecule has 0 saturated carbocycles. The van der Waals surface area contributed by atoms with Crippen molar-refractivity contribution in [2.45, 2.75) is 6.92 Å². The molecule has 3 aromatic heterocycles. The van der Waals surface area contributed by atoms with Gasteiger partial charge in [-0.15, -0.1) is 0 Å². The Bertz CT molecular complexity index is 1020. The molecule has 116 valence electrons. The number of rotatable bonds is 3. The molecular weight excluding hydrogens is 300 g/mol. The lowest BCUT2D eigenvalue weighted by atomic mass is 10.1. The maximum atomic E-state index is 12.8. The van der Waals surface area contributed by atoms with Crippen molar-refractivity contribution in [2.24, 2.45) is 0 Å². The van der Waals surface area contributed by atoms with Gasteiger partial charge in [0.25, 0.3) is 0 Å². The van der Waals surface area contributed by atoms with E-state index in [1.807, 2.05) is 43.3 Å². The zero-order valence-electron chi connectivity index (χ0n) is 13.0. The first kappa shape index (κ1) is 14.3. The van der Waals surface area contributed by atoms with Crippen LogP contribution in [0.4, 0.5) is 0 Å². The topological polar surface area (TPSA) is 60.2 Å². The third-order valence-corrected chi connectivity index (χ3v) is 3.84. The van der Waals surface area contributed by atoms with Crippen LogP contribution in [0.5, 0.6) is 0 Å². The zero-order chi connectivity index (χ0) is 16.5. The van der Waals surface area contributed by atoms with Crippen molar-refractivity contribution in [3.8, 4) is 11.3 Å². The number of fused-ring (bicyclic) bond motifs is 1. The van der Waals surface area contributed by atoms with E-state index < -0.39 is 0 Å². The third-order valence-electron chi connectivity index (χ3n) is 3.84. The summed E-state index contributed by atoms with van der Waals surface area (Å²) in [4.78, 5) is 21.5. The molecule has 0 radical (unpaired) electrons. The lowest BCUT2D eigenvalue weighted by Crippen LogP contribution is -2.03. The van der Waals surface area contributed by atoms with E-state index in [4.69, 9.17) is 0 Å². The fourth-order valence-corrected chi connectivity index (χ4v) is 2.71. The van der Waals surface area contributed by atoms with Crippen LogP contribution in [0.15, 0.2) is 67.1 Å². The molecule has 0 aliphatic carbocycles. The summed E-state index contributed by atoms with van der Waals surface area (Å²) < 4.78 is 1.69. The van der Waals surface area contributed by atoms with Crippen LogP contribution < -0.4 is 0 Å². The number of carbonyl (C=O) groups excluding carboxylic acids is 1. The van der Waals surface area contributed by atoms with Gasteiger partial charge >= 0.3 is 0 Å². The van der Waals surface area contributed by atoms with Crippen molar-refractivity contribution < 1.29 is 4.79 Å². The van der Waals surface area contributed by atoms with Crippen LogP contribution in [0.1, 0.15) is 21.6 Å². The van der Waals surface area contributed by atoms with Crippen LogP contribution in [-0.2, 0) is 0 Å². The second-order valence-electron chi connectivity index (χ2n) is 5.51. The number of hydrogen-bond donors (Lipinski definition) is 0. The van der Waals surface area contributed by atoms with E-state index in [2.05, 4.69) is 15.1 Å². The molecule has 0 spiro atoms. The molecule has 0 saturated heterocycles. The van der Waals surface area contributed by atoms with Gasteiger partial charge in [0.2, 0.25) is 0 Å². The molecule has 0 atom stereocenters. The van der Waals surface area contributed by atoms with Crippen molar-refractivity contribution in [3.05, 3.63) is 83.9 Å². The summed E-state index contributed by atoms with van der Waals surface area (Å²) in [5, 5.41) is 4.39. The first-order chi connectivity index (χ1) is 11.7. The average Bonchev–Trinajstić information content (AvgIpc) is 3.05. The molecule has 4 rings (SSSR count). The van der Waals surface area contributed by atoms with Gasteiger partial charge in [0, 0.05) is 29.2 Å². The van der Waals surface area contributed by atoms with E-state index in [0.29, 0.717) is 16.8 Å². The van der Waals surface area contributed by atoms with Gasteiger partial charge in [0.1, 0.15) is 0 Å². The highest BCUT2D eigenvalue weighted by Crippen LogP contribution is 2.23. The standard InChI is InChI=1S/C19H14N4O/c1-13-10-17(15-8-5-9-20-11-15)23-19(22-13)16(12-21-23)18(24)14-6-3-2-4-7-14/h2-12H,1H3. The molecule has 0 aliphatic heterocycles. The highest BCUT2D eigenvalue weighted by Gasteiger charge is 2.18. The molecular formula is C19H14N4O. The Labute approximate surface area is 138 Å². The van der Waals surface area contributed by atoms with Crippen LogP contribution >= 0.6 is 0 Å². The summed E-state index contributed by atoms with van der Waals surface area (Å²) in [7, 11) is 0. The van der Waals surface area contributed by atoms with E-state index in [0.717, 1.165) is 17.0 Å². The van der Waals surface area contributed by atoms with Crippen LogP contribution in [0.2, 0.25) is 0 Å². The second kappa shape index (κ2) is 5.70. The predicted octanol–water partition coefficient (Wildman–Crippen LogP) is 3.33. The highest BCUT2D eigenvalue weighted by atomic mass is 16.1. The summed E-state index contributed by atoms with van der Waals surface area (Å²) in [6, 6.07) is 14.9. The molecule has 0 unspecified atom stereocenters. The molecule has 0 fully saturated rings. The molecule has 0 aliphatic rings. The van der Waals surface area contributed by atoms with E-state index in [1.165, 1.54) is 0 Å². The minimum atomic E-state index is -0.0826. The minimum absolute atomic E-state index is 0.0826. The lowest BCUT2D eigenvalue weighted by Gasteiger charge is -2.06. The van der Waals surface area contributed by atoms with Crippen molar-refractivity contribution in [2.75, 3.05) is 0 Å². The Hall–Kier alpha value is -3.34. The van der Waals surface area contributed by atoms with Crippen LogP contribution in [-0.4, -0.2) is 25.4 Å². The highest BCUT2D eigenvalue weighted by molar-refractivity contribution is 6.12. The molecule has 5 heteroatoms. The maximum absolute atomic E-state index is 12.8. The van der Waals surface area contributed by atoms with Gasteiger partial charge in [-0.25, -0.2) is 9.50 Å². The van der Waals surface area contributed by atoms with E-state index in [-0.39, 0.29) is 5.78 Å². The number of carbonyl (C=O) groups is 1. The molecule has 3 heterocycles. The fraction of sp³-hybridized carbons (Fsp3) is 0.0526. The van der Waals surface area contributed by atoms with Gasteiger partial charge in [-0.3, -0.25) is 9.78 Å². The largest absolute Gasteiger partial charge is 0.288 e. The van der Waals surface area contributed by atoms with Crippen molar-refractivity contribution >= 4 is 11.4 Å². The number of pyridine rings is 1. The van der Waals surface area contributed by atoms with Gasteiger partial charge in [-0.2, -0.15) is 5.10 Å². The summed E-state index contributed by atoms with van der Waals surface area (Å²) in [6.07, 6.45) is 5.08. The zero-order valence-corrected chi connectivity index (χ0v) is 13.0. The Morgan fingerprint density at radius 1 is 1.04 bits per heavy atom.